The van der Waals surface area contributed by atoms with Crippen molar-refractivity contribution >= 4 is 21.8 Å². The number of carbonyl (C=O) groups excluding carboxylic acids is 1. The Labute approximate surface area is 124 Å². The molecule has 21 heavy (non-hydrogen) atoms. The van der Waals surface area contributed by atoms with Crippen LogP contribution in [0.2, 0.25) is 0 Å². The first-order valence-electron chi connectivity index (χ1n) is 6.68. The van der Waals surface area contributed by atoms with Crippen molar-refractivity contribution in [2.75, 3.05) is 31.8 Å². The Morgan fingerprint density at radius 2 is 1.90 bits per heavy atom. The van der Waals surface area contributed by atoms with E-state index >= 15 is 0 Å². The molecule has 0 bridgehead atoms. The monoisotopic (exact) mass is 322 g/mol. The molecule has 1 atom stereocenters. The van der Waals surface area contributed by atoms with Crippen LogP contribution in [-0.2, 0) is 19.4 Å². The number of carbonyl (C=O) groups is 2. The number of amides is 2. The number of aliphatic carboxylic acids is 1. The van der Waals surface area contributed by atoms with Crippen molar-refractivity contribution in [2.24, 2.45) is 5.41 Å². The Morgan fingerprint density at radius 3 is 2.38 bits per heavy atom. The number of nitrogens with one attached hydrogen (secondary N) is 2. The van der Waals surface area contributed by atoms with Crippen LogP contribution in [0, 0.1) is 5.41 Å². The second-order valence-corrected chi connectivity index (χ2v) is 7.70. The first-order valence-corrected chi connectivity index (χ1v) is 8.74. The molecule has 0 radical (unpaired) electrons. The van der Waals surface area contributed by atoms with Gasteiger partial charge in [-0.05, 0) is 19.8 Å². The van der Waals surface area contributed by atoms with Crippen molar-refractivity contribution in [3.8, 4) is 0 Å². The van der Waals surface area contributed by atoms with E-state index in [9.17, 15) is 23.1 Å². The number of sulfone groups is 1. The minimum atomic E-state index is -3.18. The lowest BCUT2D eigenvalue weighted by Gasteiger charge is -2.33. The summed E-state index contributed by atoms with van der Waals surface area (Å²) < 4.78 is 27.4. The van der Waals surface area contributed by atoms with Crippen molar-refractivity contribution in [2.45, 2.75) is 25.8 Å². The number of hydrogen-bond donors (Lipinski definition) is 3. The first-order chi connectivity index (χ1) is 9.65. The number of carboxylic acids is 1. The van der Waals surface area contributed by atoms with Crippen LogP contribution in [-0.4, -0.2) is 63.3 Å². The zero-order chi connectivity index (χ0) is 16.1. The zero-order valence-electron chi connectivity index (χ0n) is 12.2. The van der Waals surface area contributed by atoms with E-state index in [1.54, 1.807) is 6.92 Å². The van der Waals surface area contributed by atoms with E-state index < -0.39 is 33.3 Å². The van der Waals surface area contributed by atoms with E-state index in [2.05, 4.69) is 10.6 Å². The smallest absolute Gasteiger partial charge is 0.315 e. The fourth-order valence-corrected chi connectivity index (χ4v) is 3.24. The van der Waals surface area contributed by atoms with Crippen LogP contribution < -0.4 is 10.6 Å². The molecule has 0 aromatic heterocycles. The maximum atomic E-state index is 11.7. The molecule has 9 heteroatoms. The van der Waals surface area contributed by atoms with Gasteiger partial charge in [-0.3, -0.25) is 4.79 Å². The Balaban J connectivity index is 2.49. The first kappa shape index (κ1) is 17.7. The van der Waals surface area contributed by atoms with Crippen molar-refractivity contribution in [1.82, 2.24) is 10.6 Å². The summed E-state index contributed by atoms with van der Waals surface area (Å²) in [7, 11) is -3.18. The van der Waals surface area contributed by atoms with Gasteiger partial charge in [0.1, 0.15) is 9.84 Å². The highest BCUT2D eigenvalue weighted by atomic mass is 32.2. The number of ether oxygens (including phenoxy) is 1. The molecule has 122 valence electrons. The zero-order valence-corrected chi connectivity index (χ0v) is 13.0. The van der Waals surface area contributed by atoms with Gasteiger partial charge < -0.3 is 20.5 Å². The molecule has 0 aromatic carbocycles. The van der Waals surface area contributed by atoms with E-state index in [1.165, 1.54) is 0 Å². The van der Waals surface area contributed by atoms with Gasteiger partial charge in [-0.2, -0.15) is 0 Å². The lowest BCUT2D eigenvalue weighted by molar-refractivity contribution is -0.154. The molecule has 1 heterocycles. The molecule has 1 saturated heterocycles. The van der Waals surface area contributed by atoms with Crippen LogP contribution in [0.5, 0.6) is 0 Å². The van der Waals surface area contributed by atoms with Crippen molar-refractivity contribution in [3.63, 3.8) is 0 Å². The van der Waals surface area contributed by atoms with Crippen LogP contribution >= 0.6 is 0 Å². The summed E-state index contributed by atoms with van der Waals surface area (Å²) in [4.78, 5) is 23.1. The average molecular weight is 322 g/mol. The predicted molar refractivity (Wildman–Crippen MR) is 75.8 cm³/mol. The summed E-state index contributed by atoms with van der Waals surface area (Å²) in [5, 5.41) is 14.3. The quantitative estimate of drug-likeness (QED) is 0.612. The highest BCUT2D eigenvalue weighted by molar-refractivity contribution is 7.90. The molecule has 1 rings (SSSR count). The van der Waals surface area contributed by atoms with Crippen molar-refractivity contribution in [3.05, 3.63) is 0 Å². The molecule has 2 amide bonds. The molecular weight excluding hydrogens is 300 g/mol. The van der Waals surface area contributed by atoms with Gasteiger partial charge in [0.2, 0.25) is 0 Å². The molecule has 8 nitrogen and oxygen atoms in total. The fraction of sp³-hybridized carbons (Fsp3) is 0.833. The van der Waals surface area contributed by atoms with Gasteiger partial charge in [0.15, 0.2) is 0 Å². The highest BCUT2D eigenvalue weighted by Crippen LogP contribution is 2.29. The van der Waals surface area contributed by atoms with Gasteiger partial charge in [0.05, 0.1) is 11.2 Å². The Kier molecular flexibility index (Phi) is 5.97. The van der Waals surface area contributed by atoms with Gasteiger partial charge in [-0.15, -0.1) is 0 Å². The standard InChI is InChI=1S/C12H22N2O6S/c1-9(7-21(2,18)19)14-11(17)13-8-12(10(15)16)3-5-20-6-4-12/h9H,3-8H2,1-2H3,(H,15,16)(H2,13,14,17). The second kappa shape index (κ2) is 7.08. The van der Waals surface area contributed by atoms with Crippen LogP contribution in [0.4, 0.5) is 4.79 Å². The van der Waals surface area contributed by atoms with E-state index in [0.717, 1.165) is 6.26 Å². The maximum absolute atomic E-state index is 11.7. The third kappa shape index (κ3) is 5.88. The molecule has 1 aliphatic rings. The molecule has 0 spiro atoms. The molecule has 0 saturated carbocycles. The molecule has 3 N–H and O–H groups in total. The minimum absolute atomic E-state index is 0.0108. The summed E-state index contributed by atoms with van der Waals surface area (Å²) in [6.07, 6.45) is 1.76. The minimum Gasteiger partial charge on any atom is -0.481 e. The van der Waals surface area contributed by atoms with Gasteiger partial charge in [0, 0.05) is 32.1 Å². The number of rotatable bonds is 6. The molecule has 0 aromatic rings. The third-order valence-electron chi connectivity index (χ3n) is 3.42. The SMILES string of the molecule is CC(CS(C)(=O)=O)NC(=O)NCC1(C(=O)O)CCOCC1. The molecule has 1 fully saturated rings. The Morgan fingerprint density at radius 1 is 1.33 bits per heavy atom. The molecule has 1 aliphatic heterocycles. The summed E-state index contributed by atoms with van der Waals surface area (Å²) >= 11 is 0. The maximum Gasteiger partial charge on any atom is 0.315 e. The molecular formula is C12H22N2O6S. The normalized spacial score (nSPS) is 19.5. The summed E-state index contributed by atoms with van der Waals surface area (Å²) in [6.45, 7) is 2.26. The number of hydrogen-bond acceptors (Lipinski definition) is 5. The summed E-state index contributed by atoms with van der Waals surface area (Å²) in [5.74, 6) is -1.13. The number of carboxylic acid groups (broad SMARTS) is 1. The summed E-state index contributed by atoms with van der Waals surface area (Å²) in [5.41, 5.74) is -1.02. The highest BCUT2D eigenvalue weighted by Gasteiger charge is 2.40. The number of urea groups is 1. The van der Waals surface area contributed by atoms with Crippen LogP contribution in [0.1, 0.15) is 19.8 Å². The molecule has 0 aliphatic carbocycles. The molecule has 1 unspecified atom stereocenters. The van der Waals surface area contributed by atoms with E-state index in [0.29, 0.717) is 26.1 Å². The average Bonchev–Trinajstić information content (AvgIpc) is 2.35. The van der Waals surface area contributed by atoms with Crippen LogP contribution in [0.15, 0.2) is 0 Å². The van der Waals surface area contributed by atoms with E-state index in [-0.39, 0.29) is 12.3 Å². The van der Waals surface area contributed by atoms with Gasteiger partial charge in [0.25, 0.3) is 0 Å². The van der Waals surface area contributed by atoms with E-state index in [1.807, 2.05) is 0 Å². The lowest BCUT2D eigenvalue weighted by atomic mass is 9.80. The van der Waals surface area contributed by atoms with E-state index in [4.69, 9.17) is 4.74 Å². The van der Waals surface area contributed by atoms with Crippen molar-refractivity contribution < 1.29 is 27.9 Å². The summed E-state index contributed by atoms with van der Waals surface area (Å²) in [6, 6.07) is -1.12. The largest absolute Gasteiger partial charge is 0.481 e. The fourth-order valence-electron chi connectivity index (χ4n) is 2.25. The van der Waals surface area contributed by atoms with Gasteiger partial charge in [-0.25, -0.2) is 13.2 Å². The lowest BCUT2D eigenvalue weighted by Crippen LogP contribution is -2.50. The van der Waals surface area contributed by atoms with Gasteiger partial charge >= 0.3 is 12.0 Å². The third-order valence-corrected chi connectivity index (χ3v) is 4.53. The Bertz CT molecular complexity index is 484. The predicted octanol–water partition coefficient (Wildman–Crippen LogP) is -0.400. The van der Waals surface area contributed by atoms with Crippen LogP contribution in [0.3, 0.4) is 0 Å². The Hall–Kier alpha value is -1.35. The van der Waals surface area contributed by atoms with Crippen LogP contribution in [0.25, 0.3) is 0 Å². The van der Waals surface area contributed by atoms with Gasteiger partial charge in [-0.1, -0.05) is 0 Å². The topological polar surface area (TPSA) is 122 Å². The second-order valence-electron chi connectivity index (χ2n) is 5.52. The van der Waals surface area contributed by atoms with Crippen molar-refractivity contribution in [1.29, 1.82) is 0 Å².